The zero-order valence-electron chi connectivity index (χ0n) is 15.5. The standard InChI is InChI=1S/C20H18N6O2S/c27-17-10-16(14-4-9-29-12-14)23-18(24-17)13-2-7-25(8-3-13)20(28)15-11-22-26-6-1-5-21-19(15)26/h1,4-6,9-13H,2-3,7-8H2,(H,23,24,27). The Labute approximate surface area is 169 Å². The highest BCUT2D eigenvalue weighted by molar-refractivity contribution is 7.08. The van der Waals surface area contributed by atoms with Gasteiger partial charge in [-0.1, -0.05) is 0 Å². The highest BCUT2D eigenvalue weighted by Gasteiger charge is 2.28. The second-order valence-electron chi connectivity index (χ2n) is 7.04. The molecule has 1 aliphatic heterocycles. The third kappa shape index (κ3) is 3.33. The maximum atomic E-state index is 12.9. The van der Waals surface area contributed by atoms with Crippen LogP contribution in [0, 0.1) is 0 Å². The van der Waals surface area contributed by atoms with E-state index in [1.165, 1.54) is 6.07 Å². The molecule has 29 heavy (non-hydrogen) atoms. The van der Waals surface area contributed by atoms with Crippen LogP contribution in [-0.2, 0) is 0 Å². The van der Waals surface area contributed by atoms with E-state index in [9.17, 15) is 9.59 Å². The average Bonchev–Trinajstić information content (AvgIpc) is 3.43. The van der Waals surface area contributed by atoms with Gasteiger partial charge in [0.15, 0.2) is 5.65 Å². The fourth-order valence-corrected chi connectivity index (χ4v) is 4.38. The predicted octanol–water partition coefficient (Wildman–Crippen LogP) is 2.56. The molecular formula is C20H18N6O2S. The van der Waals surface area contributed by atoms with Gasteiger partial charge in [-0.3, -0.25) is 9.59 Å². The number of hydrogen-bond donors (Lipinski definition) is 1. The van der Waals surface area contributed by atoms with Crippen LogP contribution >= 0.6 is 11.3 Å². The van der Waals surface area contributed by atoms with Crippen molar-refractivity contribution in [2.45, 2.75) is 18.8 Å². The van der Waals surface area contributed by atoms with Gasteiger partial charge in [-0.15, -0.1) is 0 Å². The van der Waals surface area contributed by atoms with E-state index in [0.717, 1.165) is 18.4 Å². The van der Waals surface area contributed by atoms with E-state index in [1.54, 1.807) is 40.5 Å². The van der Waals surface area contributed by atoms with E-state index in [2.05, 4.69) is 20.1 Å². The molecule has 0 atom stereocenters. The summed E-state index contributed by atoms with van der Waals surface area (Å²) in [5, 5.41) is 8.15. The molecule has 0 radical (unpaired) electrons. The Morgan fingerprint density at radius 3 is 2.93 bits per heavy atom. The summed E-state index contributed by atoms with van der Waals surface area (Å²) in [6, 6.07) is 5.27. The van der Waals surface area contributed by atoms with Gasteiger partial charge in [-0.05, 0) is 30.4 Å². The SMILES string of the molecule is O=C(c1cnn2cccnc12)N1CCC(c2nc(-c3ccsc3)cc(=O)[nH]2)CC1. The fraction of sp³-hybridized carbons (Fsp3) is 0.250. The largest absolute Gasteiger partial charge is 0.338 e. The third-order valence-corrected chi connectivity index (χ3v) is 5.94. The minimum atomic E-state index is -0.146. The molecule has 1 aliphatic rings. The van der Waals surface area contributed by atoms with Crippen molar-refractivity contribution in [1.29, 1.82) is 0 Å². The summed E-state index contributed by atoms with van der Waals surface area (Å²) in [5.74, 6) is 0.751. The van der Waals surface area contributed by atoms with Crippen molar-refractivity contribution in [3.8, 4) is 11.3 Å². The average molecular weight is 406 g/mol. The molecule has 5 heterocycles. The number of hydrogen-bond acceptors (Lipinski definition) is 6. The first kappa shape index (κ1) is 17.7. The molecule has 0 aliphatic carbocycles. The molecule has 1 N–H and O–H groups in total. The van der Waals surface area contributed by atoms with Gasteiger partial charge in [0.1, 0.15) is 11.4 Å². The zero-order chi connectivity index (χ0) is 19.8. The Morgan fingerprint density at radius 1 is 1.28 bits per heavy atom. The Hall–Kier alpha value is -3.33. The van der Waals surface area contributed by atoms with Gasteiger partial charge < -0.3 is 9.88 Å². The Balaban J connectivity index is 1.33. The first-order chi connectivity index (χ1) is 14.2. The number of piperidine rings is 1. The van der Waals surface area contributed by atoms with E-state index in [4.69, 9.17) is 0 Å². The van der Waals surface area contributed by atoms with Gasteiger partial charge in [0.2, 0.25) is 0 Å². The van der Waals surface area contributed by atoms with Gasteiger partial charge >= 0.3 is 0 Å². The molecule has 0 spiro atoms. The lowest BCUT2D eigenvalue weighted by molar-refractivity contribution is 0.0712. The van der Waals surface area contributed by atoms with E-state index in [0.29, 0.717) is 35.8 Å². The molecule has 5 rings (SSSR count). The predicted molar refractivity (Wildman–Crippen MR) is 109 cm³/mol. The van der Waals surface area contributed by atoms with Gasteiger partial charge in [0.25, 0.3) is 11.5 Å². The minimum Gasteiger partial charge on any atom is -0.338 e. The van der Waals surface area contributed by atoms with E-state index in [-0.39, 0.29) is 17.4 Å². The van der Waals surface area contributed by atoms with Crippen molar-refractivity contribution in [3.05, 3.63) is 69.3 Å². The van der Waals surface area contributed by atoms with Crippen LogP contribution in [0.5, 0.6) is 0 Å². The van der Waals surface area contributed by atoms with Gasteiger partial charge in [-0.25, -0.2) is 14.5 Å². The van der Waals surface area contributed by atoms with Crippen molar-refractivity contribution in [2.75, 3.05) is 13.1 Å². The number of nitrogens with one attached hydrogen (secondary N) is 1. The van der Waals surface area contributed by atoms with Gasteiger partial charge in [0.05, 0.1) is 11.9 Å². The summed E-state index contributed by atoms with van der Waals surface area (Å²) in [6.45, 7) is 1.19. The molecule has 1 amide bonds. The molecule has 9 heteroatoms. The van der Waals surface area contributed by atoms with Crippen molar-refractivity contribution >= 4 is 22.9 Å². The summed E-state index contributed by atoms with van der Waals surface area (Å²) in [7, 11) is 0. The zero-order valence-corrected chi connectivity index (χ0v) is 16.3. The van der Waals surface area contributed by atoms with Crippen molar-refractivity contribution < 1.29 is 4.79 Å². The lowest BCUT2D eigenvalue weighted by Crippen LogP contribution is -2.38. The van der Waals surface area contributed by atoms with Crippen LogP contribution in [0.1, 0.15) is 34.9 Å². The first-order valence-corrected chi connectivity index (χ1v) is 10.3. The Bertz CT molecular complexity index is 1220. The highest BCUT2D eigenvalue weighted by atomic mass is 32.1. The van der Waals surface area contributed by atoms with Crippen molar-refractivity contribution in [3.63, 3.8) is 0 Å². The molecule has 4 aromatic rings. The number of H-pyrrole nitrogens is 1. The monoisotopic (exact) mass is 406 g/mol. The van der Waals surface area contributed by atoms with Crippen LogP contribution < -0.4 is 5.56 Å². The molecule has 0 saturated carbocycles. The topological polar surface area (TPSA) is 96.2 Å². The highest BCUT2D eigenvalue weighted by Crippen LogP contribution is 2.28. The number of carbonyl (C=O) groups is 1. The molecule has 146 valence electrons. The number of amides is 1. The molecule has 0 bridgehead atoms. The molecular weight excluding hydrogens is 388 g/mol. The number of fused-ring (bicyclic) bond motifs is 1. The van der Waals surface area contributed by atoms with E-state index < -0.39 is 0 Å². The number of nitrogens with zero attached hydrogens (tertiary/aromatic N) is 5. The quantitative estimate of drug-likeness (QED) is 0.564. The third-order valence-electron chi connectivity index (χ3n) is 5.26. The summed E-state index contributed by atoms with van der Waals surface area (Å²) in [6.07, 6.45) is 6.49. The molecule has 0 unspecified atom stereocenters. The molecule has 4 aromatic heterocycles. The molecule has 0 aromatic carbocycles. The summed E-state index contributed by atoms with van der Waals surface area (Å²) < 4.78 is 1.60. The number of carbonyl (C=O) groups excluding carboxylic acids is 1. The van der Waals surface area contributed by atoms with E-state index in [1.807, 2.05) is 21.7 Å². The second-order valence-corrected chi connectivity index (χ2v) is 7.82. The van der Waals surface area contributed by atoms with E-state index >= 15 is 0 Å². The van der Waals surface area contributed by atoms with Crippen LogP contribution in [-0.4, -0.2) is 48.5 Å². The summed E-state index contributed by atoms with van der Waals surface area (Å²) >= 11 is 1.58. The van der Waals surface area contributed by atoms with Crippen LogP contribution in [0.2, 0.25) is 0 Å². The smallest absolute Gasteiger partial charge is 0.259 e. The van der Waals surface area contributed by atoms with Crippen LogP contribution in [0.25, 0.3) is 16.9 Å². The number of aromatic amines is 1. The lowest BCUT2D eigenvalue weighted by Gasteiger charge is -2.31. The van der Waals surface area contributed by atoms with Gasteiger partial charge in [-0.2, -0.15) is 16.4 Å². The minimum absolute atomic E-state index is 0.0642. The Kier molecular flexibility index (Phi) is 4.44. The molecule has 1 fully saturated rings. The van der Waals surface area contributed by atoms with Crippen molar-refractivity contribution in [2.24, 2.45) is 0 Å². The van der Waals surface area contributed by atoms with Crippen LogP contribution in [0.15, 0.2) is 52.3 Å². The summed E-state index contributed by atoms with van der Waals surface area (Å²) in [4.78, 5) is 38.7. The Morgan fingerprint density at radius 2 is 2.14 bits per heavy atom. The molecule has 8 nitrogen and oxygen atoms in total. The van der Waals surface area contributed by atoms with Gasteiger partial charge in [0, 0.05) is 48.4 Å². The van der Waals surface area contributed by atoms with Crippen LogP contribution in [0.3, 0.4) is 0 Å². The fourth-order valence-electron chi connectivity index (χ4n) is 3.73. The maximum Gasteiger partial charge on any atom is 0.259 e. The normalized spacial score (nSPS) is 15.1. The maximum absolute atomic E-state index is 12.9. The number of rotatable bonds is 3. The summed E-state index contributed by atoms with van der Waals surface area (Å²) in [5.41, 5.74) is 2.58. The van der Waals surface area contributed by atoms with Crippen molar-refractivity contribution in [1.82, 2.24) is 29.5 Å². The second kappa shape index (κ2) is 7.25. The number of aromatic nitrogens is 5. The lowest BCUT2D eigenvalue weighted by atomic mass is 9.95. The molecule has 1 saturated heterocycles. The number of thiophene rings is 1. The number of likely N-dealkylation sites (tertiary alicyclic amines) is 1. The first-order valence-electron chi connectivity index (χ1n) is 9.40. The van der Waals surface area contributed by atoms with Crippen LogP contribution in [0.4, 0.5) is 0 Å².